The number of ether oxygens (including phenoxy) is 2. The third-order valence-electron chi connectivity index (χ3n) is 6.50. The van der Waals surface area contributed by atoms with E-state index >= 15 is 0 Å². The topological polar surface area (TPSA) is 38.7 Å². The zero-order valence-electron chi connectivity index (χ0n) is 19.5. The quantitative estimate of drug-likeness (QED) is 0.346. The molecular weight excluding hydrogens is 460 g/mol. The first-order chi connectivity index (χ1) is 16.9. The van der Waals surface area contributed by atoms with Crippen LogP contribution in [0.2, 0.25) is 0 Å². The predicted molar refractivity (Wildman–Crippen MR) is 125 cm³/mol. The first-order valence-corrected chi connectivity index (χ1v) is 11.8. The molecule has 0 aromatic heterocycles. The van der Waals surface area contributed by atoms with E-state index in [2.05, 4.69) is 0 Å². The van der Waals surface area contributed by atoms with Gasteiger partial charge >= 0.3 is 0 Å². The van der Waals surface area contributed by atoms with Crippen molar-refractivity contribution >= 4 is 0 Å². The summed E-state index contributed by atoms with van der Waals surface area (Å²) in [6, 6.07) is 12.6. The molecule has 0 amide bonds. The summed E-state index contributed by atoms with van der Waals surface area (Å²) in [4.78, 5) is 0. The maximum absolute atomic E-state index is 14.9. The van der Waals surface area contributed by atoms with Crippen LogP contribution in [-0.2, 0) is 18.0 Å². The Bertz CT molecular complexity index is 1160. The van der Waals surface area contributed by atoms with Crippen LogP contribution in [0.3, 0.4) is 0 Å². The number of aliphatic hydroxyl groups is 1. The summed E-state index contributed by atoms with van der Waals surface area (Å²) >= 11 is 0. The van der Waals surface area contributed by atoms with Crippen LogP contribution in [-0.4, -0.2) is 17.8 Å². The molecule has 1 aliphatic rings. The van der Waals surface area contributed by atoms with Gasteiger partial charge in [0.1, 0.15) is 6.61 Å². The number of aliphatic hydroxyl groups excluding tert-OH is 1. The first kappa shape index (κ1) is 25.2. The summed E-state index contributed by atoms with van der Waals surface area (Å²) in [6.45, 7) is 2.11. The van der Waals surface area contributed by atoms with Gasteiger partial charge in [-0.2, -0.15) is 4.39 Å². The number of benzene rings is 3. The smallest absolute Gasteiger partial charge is 0.200 e. The average molecular weight is 489 g/mol. The molecule has 186 valence electrons. The lowest BCUT2D eigenvalue weighted by atomic mass is 9.82. The van der Waals surface area contributed by atoms with Gasteiger partial charge < -0.3 is 14.6 Å². The van der Waals surface area contributed by atoms with Crippen LogP contribution in [0.5, 0.6) is 5.75 Å². The molecule has 0 radical (unpaired) electrons. The van der Waals surface area contributed by atoms with Gasteiger partial charge in [0, 0.05) is 17.7 Å². The SMILES string of the molecule is CCOCc1ccc(OCc2ccc(-c3ccc(C4CCC(O)CC4)c(F)c3F)cc2)c(F)c1F. The largest absolute Gasteiger partial charge is 0.486 e. The fourth-order valence-electron chi connectivity index (χ4n) is 4.44. The van der Waals surface area contributed by atoms with Crippen molar-refractivity contribution in [2.45, 2.75) is 57.8 Å². The maximum Gasteiger partial charge on any atom is 0.200 e. The van der Waals surface area contributed by atoms with Gasteiger partial charge in [-0.05, 0) is 67.3 Å². The molecule has 0 spiro atoms. The Morgan fingerprint density at radius 1 is 0.771 bits per heavy atom. The standard InChI is InChI=1S/C28H28F4O3/c1-2-34-16-20-9-14-24(28(32)25(20)29)35-15-17-3-5-18(6-4-17)22-12-13-23(27(31)26(22)30)19-7-10-21(33)11-8-19/h3-6,9,12-14,19,21,33H,2,7-8,10-11,15-16H2,1H3. The minimum absolute atomic E-state index is 0.0231. The molecule has 3 aromatic rings. The zero-order chi connectivity index (χ0) is 24.9. The van der Waals surface area contributed by atoms with Crippen LogP contribution in [0.15, 0.2) is 48.5 Å². The number of hydrogen-bond acceptors (Lipinski definition) is 3. The van der Waals surface area contributed by atoms with E-state index < -0.39 is 23.3 Å². The van der Waals surface area contributed by atoms with Crippen LogP contribution in [0.25, 0.3) is 11.1 Å². The average Bonchev–Trinajstić information content (AvgIpc) is 2.87. The Balaban J connectivity index is 1.44. The van der Waals surface area contributed by atoms with E-state index in [9.17, 15) is 22.7 Å². The second-order valence-electron chi connectivity index (χ2n) is 8.81. The first-order valence-electron chi connectivity index (χ1n) is 11.8. The van der Waals surface area contributed by atoms with Crippen molar-refractivity contribution in [3.8, 4) is 16.9 Å². The Hall–Kier alpha value is -2.90. The number of hydrogen-bond donors (Lipinski definition) is 1. The molecule has 7 heteroatoms. The molecule has 3 nitrogen and oxygen atoms in total. The van der Waals surface area contributed by atoms with Gasteiger partial charge in [0.05, 0.1) is 12.7 Å². The highest BCUT2D eigenvalue weighted by Gasteiger charge is 2.25. The van der Waals surface area contributed by atoms with Crippen molar-refractivity contribution in [3.05, 3.63) is 88.5 Å². The summed E-state index contributed by atoms with van der Waals surface area (Å²) in [7, 11) is 0. The molecule has 0 saturated heterocycles. The summed E-state index contributed by atoms with van der Waals surface area (Å²) in [5.41, 5.74) is 1.76. The van der Waals surface area contributed by atoms with Gasteiger partial charge in [-0.15, -0.1) is 0 Å². The molecule has 1 aliphatic carbocycles. The highest BCUT2D eigenvalue weighted by Crippen LogP contribution is 2.37. The lowest BCUT2D eigenvalue weighted by Crippen LogP contribution is -2.18. The van der Waals surface area contributed by atoms with Crippen LogP contribution >= 0.6 is 0 Å². The third-order valence-corrected chi connectivity index (χ3v) is 6.50. The van der Waals surface area contributed by atoms with Crippen LogP contribution in [0, 0.1) is 23.3 Å². The fourth-order valence-corrected chi connectivity index (χ4v) is 4.44. The summed E-state index contributed by atoms with van der Waals surface area (Å²) in [5, 5.41) is 9.66. The normalized spacial score (nSPS) is 18.0. The number of rotatable bonds is 8. The van der Waals surface area contributed by atoms with Gasteiger partial charge in [-0.25, -0.2) is 13.2 Å². The van der Waals surface area contributed by atoms with E-state index in [0.717, 1.165) is 0 Å². The molecule has 0 aliphatic heterocycles. The molecule has 0 unspecified atom stereocenters. The molecule has 0 atom stereocenters. The van der Waals surface area contributed by atoms with Gasteiger partial charge in [0.25, 0.3) is 0 Å². The Kier molecular flexibility index (Phi) is 8.08. The Labute approximate surface area is 202 Å². The van der Waals surface area contributed by atoms with Crippen molar-refractivity contribution in [2.24, 2.45) is 0 Å². The molecule has 35 heavy (non-hydrogen) atoms. The van der Waals surface area contributed by atoms with Crippen LogP contribution < -0.4 is 4.74 Å². The van der Waals surface area contributed by atoms with Crippen LogP contribution in [0.1, 0.15) is 55.2 Å². The molecule has 0 bridgehead atoms. The molecule has 1 fully saturated rings. The summed E-state index contributed by atoms with van der Waals surface area (Å²) < 4.78 is 68.8. The van der Waals surface area contributed by atoms with Crippen molar-refractivity contribution < 1.29 is 32.1 Å². The zero-order valence-corrected chi connectivity index (χ0v) is 19.5. The van der Waals surface area contributed by atoms with E-state index in [0.29, 0.717) is 49.0 Å². The molecule has 3 aromatic carbocycles. The van der Waals surface area contributed by atoms with Crippen molar-refractivity contribution in [1.29, 1.82) is 0 Å². The summed E-state index contributed by atoms with van der Waals surface area (Å²) in [5.74, 6) is -4.14. The lowest BCUT2D eigenvalue weighted by molar-refractivity contribution is 0.122. The molecule has 1 saturated carbocycles. The Morgan fingerprint density at radius 3 is 2.17 bits per heavy atom. The molecule has 0 heterocycles. The summed E-state index contributed by atoms with van der Waals surface area (Å²) in [6.07, 6.45) is 2.07. The van der Waals surface area contributed by atoms with Gasteiger partial charge in [0.2, 0.25) is 5.82 Å². The van der Waals surface area contributed by atoms with Crippen molar-refractivity contribution in [2.75, 3.05) is 6.61 Å². The second kappa shape index (κ2) is 11.2. The minimum Gasteiger partial charge on any atom is -0.486 e. The molecular formula is C28H28F4O3. The van der Waals surface area contributed by atoms with E-state index in [-0.39, 0.29) is 42.1 Å². The highest BCUT2D eigenvalue weighted by atomic mass is 19.2. The van der Waals surface area contributed by atoms with E-state index in [4.69, 9.17) is 9.47 Å². The van der Waals surface area contributed by atoms with Gasteiger partial charge in [0.15, 0.2) is 23.2 Å². The third kappa shape index (κ3) is 5.68. The van der Waals surface area contributed by atoms with Crippen LogP contribution in [0.4, 0.5) is 17.6 Å². The van der Waals surface area contributed by atoms with Gasteiger partial charge in [-0.1, -0.05) is 36.4 Å². The van der Waals surface area contributed by atoms with E-state index in [1.807, 2.05) is 0 Å². The van der Waals surface area contributed by atoms with Gasteiger partial charge in [-0.3, -0.25) is 0 Å². The van der Waals surface area contributed by atoms with E-state index in [1.54, 1.807) is 43.3 Å². The fraction of sp³-hybridized carbons (Fsp3) is 0.357. The second-order valence-corrected chi connectivity index (χ2v) is 8.81. The van der Waals surface area contributed by atoms with Crippen molar-refractivity contribution in [3.63, 3.8) is 0 Å². The molecule has 4 rings (SSSR count). The predicted octanol–water partition coefficient (Wildman–Crippen LogP) is 7.04. The highest BCUT2D eigenvalue weighted by molar-refractivity contribution is 5.65. The van der Waals surface area contributed by atoms with E-state index in [1.165, 1.54) is 12.1 Å². The Morgan fingerprint density at radius 2 is 1.49 bits per heavy atom. The monoisotopic (exact) mass is 488 g/mol. The minimum atomic E-state index is -1.08. The molecule has 1 N–H and O–H groups in total. The van der Waals surface area contributed by atoms with Crippen molar-refractivity contribution in [1.82, 2.24) is 0 Å². The number of halogens is 4. The lowest BCUT2D eigenvalue weighted by Gasteiger charge is -2.26. The maximum atomic E-state index is 14.9.